The minimum Gasteiger partial charge on any atom is -0.465 e. The van der Waals surface area contributed by atoms with Crippen molar-refractivity contribution in [2.45, 2.75) is 31.3 Å². The van der Waals surface area contributed by atoms with Crippen LogP contribution in [-0.2, 0) is 16.0 Å². The molecule has 3 N–H and O–H groups in total. The number of alkyl halides is 1. The van der Waals surface area contributed by atoms with Crippen molar-refractivity contribution in [3.05, 3.63) is 35.9 Å². The fourth-order valence-corrected chi connectivity index (χ4v) is 2.86. The Labute approximate surface area is 144 Å². The quantitative estimate of drug-likeness (QED) is 0.694. The Kier molecular flexibility index (Phi) is 7.29. The zero-order valence-electron chi connectivity index (χ0n) is 13.0. The van der Waals surface area contributed by atoms with Crippen molar-refractivity contribution in [3.63, 3.8) is 0 Å². The summed E-state index contributed by atoms with van der Waals surface area (Å²) in [5.41, 5.74) is 0.968. The fourth-order valence-electron chi connectivity index (χ4n) is 2.54. The second-order valence-corrected chi connectivity index (χ2v) is 6.16. The molecule has 1 unspecified atom stereocenters. The third kappa shape index (κ3) is 6.10. The molecule has 0 bridgehead atoms. The first-order valence-corrected chi connectivity index (χ1v) is 8.85. The number of hydrogen-bond acceptors (Lipinski definition) is 4. The third-order valence-electron chi connectivity index (χ3n) is 3.74. The van der Waals surface area contributed by atoms with Gasteiger partial charge in [-0.25, -0.2) is 4.79 Å². The normalized spacial score (nSPS) is 22.2. The van der Waals surface area contributed by atoms with Crippen molar-refractivity contribution in [1.29, 1.82) is 0 Å². The Bertz CT molecular complexity index is 480. The summed E-state index contributed by atoms with van der Waals surface area (Å²) in [5.74, 6) is -0.246. The van der Waals surface area contributed by atoms with Crippen LogP contribution in [0.2, 0.25) is 0 Å². The molecule has 2 aliphatic heterocycles. The molecule has 0 radical (unpaired) electrons. The zero-order valence-corrected chi connectivity index (χ0v) is 14.5. The molecule has 2 saturated heterocycles. The Morgan fingerprint density at radius 2 is 2.04 bits per heavy atom. The molecule has 1 aromatic rings. The van der Waals surface area contributed by atoms with Crippen LogP contribution in [-0.4, -0.2) is 48.1 Å². The fraction of sp³-hybridized carbons (Fsp3) is 0.562. The molecule has 23 heavy (non-hydrogen) atoms. The highest BCUT2D eigenvalue weighted by molar-refractivity contribution is 9.09. The molecular formula is C16H23BrN2O4. The topological polar surface area (TPSA) is 79.8 Å². The van der Waals surface area contributed by atoms with Gasteiger partial charge in [0.1, 0.15) is 0 Å². The number of carbonyl (C=O) groups is 1. The largest absolute Gasteiger partial charge is 0.465 e. The number of carboxylic acid groups (broad SMARTS) is 1. The third-order valence-corrected chi connectivity index (χ3v) is 4.46. The van der Waals surface area contributed by atoms with Crippen molar-refractivity contribution in [3.8, 4) is 0 Å². The molecule has 6 nitrogen and oxygen atoms in total. The predicted molar refractivity (Wildman–Crippen MR) is 90.8 cm³/mol. The van der Waals surface area contributed by atoms with Gasteiger partial charge in [0.25, 0.3) is 0 Å². The van der Waals surface area contributed by atoms with Crippen LogP contribution in [0.5, 0.6) is 0 Å². The van der Waals surface area contributed by atoms with E-state index in [9.17, 15) is 4.79 Å². The van der Waals surface area contributed by atoms with Gasteiger partial charge in [0.15, 0.2) is 5.79 Å². The zero-order chi connectivity index (χ0) is 16.5. The van der Waals surface area contributed by atoms with E-state index in [-0.39, 0.29) is 11.9 Å². The monoisotopic (exact) mass is 386 g/mol. The van der Waals surface area contributed by atoms with E-state index >= 15 is 0 Å². The molecular weight excluding hydrogens is 364 g/mol. The average molecular weight is 387 g/mol. The highest BCUT2D eigenvalue weighted by atomic mass is 79.9. The van der Waals surface area contributed by atoms with Crippen LogP contribution in [0.3, 0.4) is 0 Å². The van der Waals surface area contributed by atoms with E-state index in [1.165, 1.54) is 0 Å². The summed E-state index contributed by atoms with van der Waals surface area (Å²) in [6.07, 6.45) is 1.23. The molecule has 1 aromatic carbocycles. The lowest BCUT2D eigenvalue weighted by Crippen LogP contribution is -2.43. The molecule has 128 valence electrons. The molecule has 1 atom stereocenters. The van der Waals surface area contributed by atoms with Crippen LogP contribution < -0.4 is 10.6 Å². The van der Waals surface area contributed by atoms with Crippen LogP contribution in [0.1, 0.15) is 18.4 Å². The van der Waals surface area contributed by atoms with Crippen LogP contribution in [0.25, 0.3) is 0 Å². The Morgan fingerprint density at radius 1 is 1.35 bits per heavy atom. The van der Waals surface area contributed by atoms with Crippen LogP contribution in [0.4, 0.5) is 4.79 Å². The van der Waals surface area contributed by atoms with Gasteiger partial charge in [-0.1, -0.05) is 46.3 Å². The maximum Gasteiger partial charge on any atom is 0.404 e. The summed E-state index contributed by atoms with van der Waals surface area (Å²) < 4.78 is 11.5. The number of rotatable bonds is 3. The van der Waals surface area contributed by atoms with E-state index in [0.717, 1.165) is 43.4 Å². The maximum atomic E-state index is 10.1. The predicted octanol–water partition coefficient (Wildman–Crippen LogP) is 2.33. The highest BCUT2D eigenvalue weighted by Crippen LogP contribution is 2.32. The van der Waals surface area contributed by atoms with E-state index in [4.69, 9.17) is 14.6 Å². The molecule has 1 spiro atoms. The van der Waals surface area contributed by atoms with Gasteiger partial charge in [0.05, 0.1) is 12.7 Å². The molecule has 2 heterocycles. The van der Waals surface area contributed by atoms with Crippen LogP contribution in [0.15, 0.2) is 30.3 Å². The molecule has 0 aliphatic carbocycles. The van der Waals surface area contributed by atoms with Gasteiger partial charge in [-0.05, 0) is 5.56 Å². The summed E-state index contributed by atoms with van der Waals surface area (Å²) >= 11 is 3.41. The number of halogens is 1. The Balaban J connectivity index is 0.000000168. The Morgan fingerprint density at radius 3 is 2.61 bits per heavy atom. The summed E-state index contributed by atoms with van der Waals surface area (Å²) in [4.78, 5) is 10.1. The molecule has 3 rings (SSSR count). The van der Waals surface area contributed by atoms with Gasteiger partial charge < -0.3 is 25.2 Å². The van der Waals surface area contributed by atoms with E-state index in [1.807, 2.05) is 30.3 Å². The molecule has 1 amide bonds. The number of amides is 1. The van der Waals surface area contributed by atoms with Gasteiger partial charge >= 0.3 is 6.09 Å². The second-order valence-electron chi connectivity index (χ2n) is 5.51. The number of piperidine rings is 1. The van der Waals surface area contributed by atoms with Gasteiger partial charge in [-0.15, -0.1) is 0 Å². The van der Waals surface area contributed by atoms with Crippen molar-refractivity contribution in [2.75, 3.05) is 25.0 Å². The summed E-state index contributed by atoms with van der Waals surface area (Å²) in [6.45, 7) is 3.13. The average Bonchev–Trinajstić information content (AvgIpc) is 2.98. The van der Waals surface area contributed by atoms with Gasteiger partial charge in [0.2, 0.25) is 0 Å². The van der Waals surface area contributed by atoms with Gasteiger partial charge in [-0.2, -0.15) is 0 Å². The molecule has 7 heteroatoms. The van der Waals surface area contributed by atoms with Crippen molar-refractivity contribution >= 4 is 22.0 Å². The molecule has 0 aromatic heterocycles. The maximum absolute atomic E-state index is 10.1. The molecule has 2 aliphatic rings. The minimum absolute atomic E-state index is 0.246. The lowest BCUT2D eigenvalue weighted by Gasteiger charge is -2.32. The van der Waals surface area contributed by atoms with Gasteiger partial charge in [-0.3, -0.25) is 0 Å². The van der Waals surface area contributed by atoms with E-state index in [1.54, 1.807) is 0 Å². The SMILES string of the molecule is BrCC1COC2(CCNCC2)O1.O=C(O)NCc1ccccc1. The lowest BCUT2D eigenvalue weighted by atomic mass is 10.1. The first-order chi connectivity index (χ1) is 11.1. The van der Waals surface area contributed by atoms with E-state index in [0.29, 0.717) is 6.54 Å². The van der Waals surface area contributed by atoms with Crippen LogP contribution >= 0.6 is 15.9 Å². The van der Waals surface area contributed by atoms with Crippen molar-refractivity contribution in [1.82, 2.24) is 10.6 Å². The number of benzene rings is 1. The molecule has 0 saturated carbocycles. The molecule has 2 fully saturated rings. The van der Waals surface area contributed by atoms with E-state index < -0.39 is 6.09 Å². The summed E-state index contributed by atoms with van der Waals surface area (Å²) in [7, 11) is 0. The lowest BCUT2D eigenvalue weighted by molar-refractivity contribution is -0.180. The van der Waals surface area contributed by atoms with E-state index in [2.05, 4.69) is 26.6 Å². The first-order valence-electron chi connectivity index (χ1n) is 7.73. The number of ether oxygens (including phenoxy) is 2. The van der Waals surface area contributed by atoms with Crippen molar-refractivity contribution in [2.24, 2.45) is 0 Å². The standard InChI is InChI=1S/C8H14BrNO2.C8H9NO2/c9-5-7-6-11-8(12-7)1-3-10-4-2-8;10-8(11)9-6-7-4-2-1-3-5-7/h7,10H,1-6H2;1-5,9H,6H2,(H,10,11). The second kappa shape index (κ2) is 9.22. The number of hydrogen-bond donors (Lipinski definition) is 3. The first kappa shape index (κ1) is 18.2. The summed E-state index contributed by atoms with van der Waals surface area (Å²) in [5, 5.41) is 14.7. The van der Waals surface area contributed by atoms with Crippen molar-refractivity contribution < 1.29 is 19.4 Å². The van der Waals surface area contributed by atoms with Gasteiger partial charge in [0, 0.05) is 37.8 Å². The smallest absolute Gasteiger partial charge is 0.404 e. The Hall–Kier alpha value is -1.15. The highest BCUT2D eigenvalue weighted by Gasteiger charge is 2.41. The van der Waals surface area contributed by atoms with Crippen LogP contribution in [0, 0.1) is 0 Å². The minimum atomic E-state index is -0.992. The summed E-state index contributed by atoms with van der Waals surface area (Å²) in [6, 6.07) is 9.38. The number of nitrogens with one attached hydrogen (secondary N) is 2.